The zero-order valence-corrected chi connectivity index (χ0v) is 10.0. The van der Waals surface area contributed by atoms with E-state index >= 15 is 0 Å². The molecule has 0 aliphatic rings. The summed E-state index contributed by atoms with van der Waals surface area (Å²) in [6.07, 6.45) is 1.21. The van der Waals surface area contributed by atoms with Crippen LogP contribution in [-0.4, -0.2) is 33.2 Å². The summed E-state index contributed by atoms with van der Waals surface area (Å²) >= 11 is 0. The summed E-state index contributed by atoms with van der Waals surface area (Å²) in [5, 5.41) is 18.4. The molecular formula is C12H11N3O4. The monoisotopic (exact) mass is 261 g/mol. The summed E-state index contributed by atoms with van der Waals surface area (Å²) in [5.41, 5.74) is 1.04. The highest BCUT2D eigenvalue weighted by Crippen LogP contribution is 2.16. The van der Waals surface area contributed by atoms with Crippen molar-refractivity contribution in [3.63, 3.8) is 0 Å². The van der Waals surface area contributed by atoms with Crippen LogP contribution in [0, 0.1) is 0 Å². The number of aromatic nitrogens is 2. The second kappa shape index (κ2) is 5.30. The quantitative estimate of drug-likeness (QED) is 0.848. The molecule has 1 atom stereocenters. The minimum absolute atomic E-state index is 0.353. The second-order valence-electron chi connectivity index (χ2n) is 3.85. The van der Waals surface area contributed by atoms with Crippen LogP contribution < -0.4 is 5.32 Å². The number of nitrogens with one attached hydrogen (secondary N) is 1. The van der Waals surface area contributed by atoms with Gasteiger partial charge in [-0.05, 0) is 31.2 Å². The number of hydrogen-bond donors (Lipinski definition) is 2. The van der Waals surface area contributed by atoms with Crippen LogP contribution in [-0.2, 0) is 4.79 Å². The van der Waals surface area contributed by atoms with E-state index in [-0.39, 0.29) is 0 Å². The van der Waals surface area contributed by atoms with Gasteiger partial charge in [-0.2, -0.15) is 0 Å². The van der Waals surface area contributed by atoms with Gasteiger partial charge >= 0.3 is 5.97 Å². The Balaban J connectivity index is 2.10. The molecule has 0 radical (unpaired) electrons. The van der Waals surface area contributed by atoms with Gasteiger partial charge in [-0.1, -0.05) is 0 Å². The average Bonchev–Trinajstić information content (AvgIpc) is 2.92. The third-order valence-electron chi connectivity index (χ3n) is 2.47. The molecule has 0 aliphatic carbocycles. The largest absolute Gasteiger partial charge is 0.480 e. The molecule has 1 aromatic heterocycles. The number of aliphatic carboxylic acids is 1. The third-order valence-corrected chi connectivity index (χ3v) is 2.47. The number of carbonyl (C=O) groups excluding carboxylic acids is 1. The van der Waals surface area contributed by atoms with Crippen molar-refractivity contribution in [3.05, 3.63) is 36.2 Å². The number of rotatable bonds is 4. The lowest BCUT2D eigenvalue weighted by Crippen LogP contribution is -2.38. The second-order valence-corrected chi connectivity index (χ2v) is 3.85. The summed E-state index contributed by atoms with van der Waals surface area (Å²) in [7, 11) is 0. The van der Waals surface area contributed by atoms with Crippen LogP contribution in [0.3, 0.4) is 0 Å². The van der Waals surface area contributed by atoms with E-state index in [2.05, 4.69) is 15.5 Å². The predicted octanol–water partition coefficient (Wildman–Crippen LogP) is 0.940. The van der Waals surface area contributed by atoms with E-state index in [1.165, 1.54) is 13.3 Å². The van der Waals surface area contributed by atoms with Crippen molar-refractivity contribution < 1.29 is 19.1 Å². The average molecular weight is 261 g/mol. The molecule has 98 valence electrons. The smallest absolute Gasteiger partial charge is 0.325 e. The molecule has 0 spiro atoms. The molecule has 2 rings (SSSR count). The first-order valence-electron chi connectivity index (χ1n) is 5.48. The van der Waals surface area contributed by atoms with Gasteiger partial charge in [-0.15, -0.1) is 10.2 Å². The minimum atomic E-state index is -1.09. The number of carbonyl (C=O) groups is 2. The first kappa shape index (κ1) is 12.7. The van der Waals surface area contributed by atoms with Gasteiger partial charge < -0.3 is 14.8 Å². The number of hydrogen-bond acceptors (Lipinski definition) is 5. The summed E-state index contributed by atoms with van der Waals surface area (Å²) < 4.78 is 5.02. The van der Waals surface area contributed by atoms with Crippen LogP contribution in [0.5, 0.6) is 0 Å². The van der Waals surface area contributed by atoms with E-state index in [1.54, 1.807) is 24.3 Å². The molecule has 7 heteroatoms. The maximum Gasteiger partial charge on any atom is 0.325 e. The lowest BCUT2D eigenvalue weighted by atomic mass is 10.1. The van der Waals surface area contributed by atoms with Gasteiger partial charge in [-0.3, -0.25) is 9.59 Å². The number of nitrogens with zero attached hydrogens (tertiary/aromatic N) is 2. The zero-order valence-electron chi connectivity index (χ0n) is 10.0. The Bertz CT molecular complexity index is 578. The van der Waals surface area contributed by atoms with Gasteiger partial charge in [0.15, 0.2) is 0 Å². The van der Waals surface area contributed by atoms with E-state index in [0.717, 1.165) is 0 Å². The Labute approximate surface area is 108 Å². The van der Waals surface area contributed by atoms with Gasteiger partial charge in [0.25, 0.3) is 5.91 Å². The van der Waals surface area contributed by atoms with Crippen LogP contribution in [0.4, 0.5) is 0 Å². The molecule has 0 fully saturated rings. The standard InChI is InChI=1S/C12H11N3O4/c1-7(12(17)18)14-10(16)8-2-4-9(5-3-8)11-15-13-6-19-11/h2-7H,1H3,(H,14,16)(H,17,18)/t7-/m0/s1. The molecule has 0 bridgehead atoms. The van der Waals surface area contributed by atoms with Crippen LogP contribution in [0.15, 0.2) is 35.1 Å². The fourth-order valence-electron chi connectivity index (χ4n) is 1.40. The maximum atomic E-state index is 11.7. The molecule has 7 nitrogen and oxygen atoms in total. The number of carboxylic acids is 1. The Morgan fingerprint density at radius 3 is 2.53 bits per heavy atom. The molecule has 0 saturated carbocycles. The van der Waals surface area contributed by atoms with Crippen molar-refractivity contribution in [1.29, 1.82) is 0 Å². The SMILES string of the molecule is C[C@H](NC(=O)c1ccc(-c2nnco2)cc1)C(=O)O. The van der Waals surface area contributed by atoms with Gasteiger partial charge in [0, 0.05) is 11.1 Å². The molecule has 0 aliphatic heterocycles. The Kier molecular flexibility index (Phi) is 3.56. The molecule has 1 heterocycles. The fraction of sp³-hybridized carbons (Fsp3) is 0.167. The molecule has 1 aromatic carbocycles. The van der Waals surface area contributed by atoms with Crippen molar-refractivity contribution in [2.45, 2.75) is 13.0 Å². The molecule has 1 amide bonds. The number of amides is 1. The summed E-state index contributed by atoms with van der Waals surface area (Å²) in [4.78, 5) is 22.4. The zero-order chi connectivity index (χ0) is 13.8. The van der Waals surface area contributed by atoms with E-state index in [0.29, 0.717) is 17.0 Å². The van der Waals surface area contributed by atoms with Gasteiger partial charge in [0.05, 0.1) is 0 Å². The Morgan fingerprint density at radius 1 is 1.32 bits per heavy atom. The van der Waals surface area contributed by atoms with E-state index in [1.807, 2.05) is 0 Å². The Hall–Kier alpha value is -2.70. The van der Waals surface area contributed by atoms with Crippen LogP contribution in [0.2, 0.25) is 0 Å². The molecular weight excluding hydrogens is 250 g/mol. The van der Waals surface area contributed by atoms with Gasteiger partial charge in [0.1, 0.15) is 6.04 Å². The molecule has 0 saturated heterocycles. The molecule has 2 aromatic rings. The van der Waals surface area contributed by atoms with E-state index in [4.69, 9.17) is 9.52 Å². The van der Waals surface area contributed by atoms with Crippen LogP contribution in [0.1, 0.15) is 17.3 Å². The van der Waals surface area contributed by atoms with Gasteiger partial charge in [0.2, 0.25) is 12.3 Å². The van der Waals surface area contributed by atoms with Crippen molar-refractivity contribution in [1.82, 2.24) is 15.5 Å². The summed E-state index contributed by atoms with van der Waals surface area (Å²) in [6.45, 7) is 1.40. The third kappa shape index (κ3) is 2.95. The predicted molar refractivity (Wildman–Crippen MR) is 64.3 cm³/mol. The molecule has 19 heavy (non-hydrogen) atoms. The number of benzene rings is 1. The lowest BCUT2D eigenvalue weighted by molar-refractivity contribution is -0.138. The lowest BCUT2D eigenvalue weighted by Gasteiger charge is -2.09. The van der Waals surface area contributed by atoms with Crippen molar-refractivity contribution in [3.8, 4) is 11.5 Å². The molecule has 0 unspecified atom stereocenters. The first-order valence-corrected chi connectivity index (χ1v) is 5.48. The fourth-order valence-corrected chi connectivity index (χ4v) is 1.40. The van der Waals surface area contributed by atoms with Crippen LogP contribution >= 0.6 is 0 Å². The van der Waals surface area contributed by atoms with Gasteiger partial charge in [-0.25, -0.2) is 0 Å². The van der Waals surface area contributed by atoms with Crippen molar-refractivity contribution >= 4 is 11.9 Å². The number of carboxylic acid groups (broad SMARTS) is 1. The summed E-state index contributed by atoms with van der Waals surface area (Å²) in [5.74, 6) is -1.19. The topological polar surface area (TPSA) is 105 Å². The van der Waals surface area contributed by atoms with E-state index < -0.39 is 17.9 Å². The van der Waals surface area contributed by atoms with Crippen LogP contribution in [0.25, 0.3) is 11.5 Å². The van der Waals surface area contributed by atoms with Crippen molar-refractivity contribution in [2.24, 2.45) is 0 Å². The Morgan fingerprint density at radius 2 is 2.00 bits per heavy atom. The molecule has 2 N–H and O–H groups in total. The van der Waals surface area contributed by atoms with E-state index in [9.17, 15) is 9.59 Å². The highest BCUT2D eigenvalue weighted by atomic mass is 16.4. The highest BCUT2D eigenvalue weighted by molar-refractivity contribution is 5.96. The highest BCUT2D eigenvalue weighted by Gasteiger charge is 2.15. The maximum absolute atomic E-state index is 11.7. The summed E-state index contributed by atoms with van der Waals surface area (Å²) in [6, 6.07) is 5.47. The first-order chi connectivity index (χ1) is 9.08. The van der Waals surface area contributed by atoms with Crippen molar-refractivity contribution in [2.75, 3.05) is 0 Å². The minimum Gasteiger partial charge on any atom is -0.480 e. The normalized spacial score (nSPS) is 11.8.